The summed E-state index contributed by atoms with van der Waals surface area (Å²) < 4.78 is 36.8. The highest BCUT2D eigenvalue weighted by atomic mass is 32.2. The van der Waals surface area contributed by atoms with Crippen LogP contribution in [0.25, 0.3) is 10.2 Å². The lowest BCUT2D eigenvalue weighted by molar-refractivity contribution is -0.143. The minimum absolute atomic E-state index is 0.102. The van der Waals surface area contributed by atoms with E-state index in [9.17, 15) is 13.2 Å². The predicted molar refractivity (Wildman–Crippen MR) is 107 cm³/mol. The number of thioether (sulfide) groups is 1. The van der Waals surface area contributed by atoms with Crippen LogP contribution in [0, 0.1) is 0 Å². The van der Waals surface area contributed by atoms with E-state index in [1.54, 1.807) is 41.5 Å². The Morgan fingerprint density at radius 1 is 1.22 bits per heavy atom. The molecule has 142 valence electrons. The highest BCUT2D eigenvalue weighted by Crippen LogP contribution is 2.24. The molecule has 3 rings (SSSR count). The number of fused-ring (bicyclic) bond motifs is 1. The fraction of sp³-hybridized carbons (Fsp3) is 0.222. The molecule has 1 aromatic heterocycles. The number of hydrogen-bond donors (Lipinski definition) is 0. The van der Waals surface area contributed by atoms with Crippen LogP contribution in [0.4, 0.5) is 0 Å². The minimum Gasteiger partial charge on any atom is -0.465 e. The average Bonchev–Trinajstić information content (AvgIpc) is 2.98. The van der Waals surface area contributed by atoms with E-state index in [1.807, 2.05) is 24.5 Å². The van der Waals surface area contributed by atoms with Gasteiger partial charge < -0.3 is 9.30 Å². The standard InChI is InChI=1S/C18H18N2O4S3/c1-3-24-17(21)12-20-15-10-9-13(25-2)11-16(15)26-18(20)19-27(22,23)14-7-5-4-6-8-14/h4-11H,3,12H2,1-2H3/b19-18-. The van der Waals surface area contributed by atoms with Gasteiger partial charge in [-0.1, -0.05) is 29.5 Å². The Bertz CT molecular complexity index is 1130. The lowest BCUT2D eigenvalue weighted by Gasteiger charge is -2.05. The third kappa shape index (κ3) is 4.42. The first-order chi connectivity index (χ1) is 12.9. The van der Waals surface area contributed by atoms with Crippen molar-refractivity contribution in [2.24, 2.45) is 4.40 Å². The smallest absolute Gasteiger partial charge is 0.326 e. The Labute approximate surface area is 165 Å². The summed E-state index contributed by atoms with van der Waals surface area (Å²) in [5.41, 5.74) is 0.743. The maximum absolute atomic E-state index is 12.7. The fourth-order valence-electron chi connectivity index (χ4n) is 2.49. The van der Waals surface area contributed by atoms with Crippen molar-refractivity contribution in [2.75, 3.05) is 12.9 Å². The Balaban J connectivity index is 2.19. The van der Waals surface area contributed by atoms with Crippen molar-refractivity contribution < 1.29 is 17.9 Å². The van der Waals surface area contributed by atoms with Crippen LogP contribution in [0.15, 0.2) is 62.7 Å². The molecule has 0 unspecified atom stereocenters. The van der Waals surface area contributed by atoms with Gasteiger partial charge in [0.15, 0.2) is 0 Å². The number of thiazole rings is 1. The van der Waals surface area contributed by atoms with Crippen LogP contribution in [-0.2, 0) is 26.1 Å². The zero-order valence-corrected chi connectivity index (χ0v) is 17.2. The van der Waals surface area contributed by atoms with Gasteiger partial charge in [0.25, 0.3) is 10.0 Å². The largest absolute Gasteiger partial charge is 0.465 e. The molecular weight excluding hydrogens is 404 g/mol. The van der Waals surface area contributed by atoms with Gasteiger partial charge in [-0.25, -0.2) is 0 Å². The number of sulfonamides is 1. The minimum atomic E-state index is -3.89. The summed E-state index contributed by atoms with van der Waals surface area (Å²) >= 11 is 2.82. The molecule has 0 radical (unpaired) electrons. The molecular formula is C18H18N2O4S3. The van der Waals surface area contributed by atoms with Gasteiger partial charge in [-0.15, -0.1) is 16.2 Å². The Kier molecular flexibility index (Phi) is 6.03. The first-order valence-corrected chi connectivity index (χ1v) is 11.6. The predicted octanol–water partition coefficient (Wildman–Crippen LogP) is 3.28. The van der Waals surface area contributed by atoms with E-state index in [2.05, 4.69) is 4.40 Å². The van der Waals surface area contributed by atoms with E-state index >= 15 is 0 Å². The number of benzene rings is 2. The number of ether oxygens (including phenoxy) is 1. The number of rotatable bonds is 6. The van der Waals surface area contributed by atoms with Crippen molar-refractivity contribution >= 4 is 49.3 Å². The summed E-state index contributed by atoms with van der Waals surface area (Å²) in [6.07, 6.45) is 1.96. The number of esters is 1. The average molecular weight is 423 g/mol. The third-order valence-electron chi connectivity index (χ3n) is 3.72. The van der Waals surface area contributed by atoms with Gasteiger partial charge in [0.1, 0.15) is 6.54 Å². The van der Waals surface area contributed by atoms with Gasteiger partial charge >= 0.3 is 5.97 Å². The zero-order chi connectivity index (χ0) is 19.4. The summed E-state index contributed by atoms with van der Waals surface area (Å²) in [7, 11) is -3.89. The van der Waals surface area contributed by atoms with E-state index in [4.69, 9.17) is 4.74 Å². The molecule has 0 fully saturated rings. The number of carbonyl (C=O) groups excluding carboxylic acids is 1. The highest BCUT2D eigenvalue weighted by molar-refractivity contribution is 7.98. The first kappa shape index (κ1) is 19.7. The molecule has 0 saturated heterocycles. The number of hydrogen-bond acceptors (Lipinski definition) is 6. The molecule has 2 aromatic carbocycles. The molecule has 9 heteroatoms. The fourth-order valence-corrected chi connectivity index (χ4v) is 5.29. The summed E-state index contributed by atoms with van der Waals surface area (Å²) in [4.78, 5) is 13.4. The van der Waals surface area contributed by atoms with Crippen LogP contribution in [-0.4, -0.2) is 31.8 Å². The summed E-state index contributed by atoms with van der Waals surface area (Å²) in [5.74, 6) is -0.440. The Morgan fingerprint density at radius 3 is 2.63 bits per heavy atom. The number of nitrogens with zero attached hydrogens (tertiary/aromatic N) is 2. The van der Waals surface area contributed by atoms with Crippen LogP contribution in [0.2, 0.25) is 0 Å². The molecule has 0 saturated carbocycles. The number of carbonyl (C=O) groups is 1. The van der Waals surface area contributed by atoms with Gasteiger partial charge in [0, 0.05) is 4.90 Å². The molecule has 0 aliphatic heterocycles. The van der Waals surface area contributed by atoms with E-state index in [1.165, 1.54) is 23.5 Å². The van der Waals surface area contributed by atoms with Crippen molar-refractivity contribution in [2.45, 2.75) is 23.3 Å². The van der Waals surface area contributed by atoms with Gasteiger partial charge in [0.05, 0.1) is 21.7 Å². The van der Waals surface area contributed by atoms with Crippen LogP contribution >= 0.6 is 23.1 Å². The molecule has 0 aliphatic carbocycles. The second-order valence-corrected chi connectivity index (χ2v) is 8.98. The van der Waals surface area contributed by atoms with E-state index in [0.717, 1.165) is 15.1 Å². The topological polar surface area (TPSA) is 77.7 Å². The zero-order valence-electron chi connectivity index (χ0n) is 14.8. The molecule has 0 amide bonds. The van der Waals surface area contributed by atoms with Crippen molar-refractivity contribution in [1.82, 2.24) is 4.57 Å². The van der Waals surface area contributed by atoms with Crippen molar-refractivity contribution in [3.63, 3.8) is 0 Å². The van der Waals surface area contributed by atoms with E-state index in [-0.39, 0.29) is 22.8 Å². The molecule has 1 heterocycles. The molecule has 0 spiro atoms. The van der Waals surface area contributed by atoms with Gasteiger partial charge in [-0.3, -0.25) is 4.79 Å². The molecule has 0 bridgehead atoms. The molecule has 27 heavy (non-hydrogen) atoms. The molecule has 3 aromatic rings. The molecule has 0 aliphatic rings. The summed E-state index contributed by atoms with van der Waals surface area (Å²) in [6.45, 7) is 1.88. The van der Waals surface area contributed by atoms with Crippen LogP contribution in [0.1, 0.15) is 6.92 Å². The monoisotopic (exact) mass is 422 g/mol. The lowest BCUT2D eigenvalue weighted by atomic mass is 10.3. The van der Waals surface area contributed by atoms with Crippen molar-refractivity contribution in [3.8, 4) is 0 Å². The van der Waals surface area contributed by atoms with Crippen LogP contribution in [0.3, 0.4) is 0 Å². The van der Waals surface area contributed by atoms with E-state index in [0.29, 0.717) is 0 Å². The van der Waals surface area contributed by atoms with E-state index < -0.39 is 16.0 Å². The quantitative estimate of drug-likeness (QED) is 0.450. The Hall–Kier alpha value is -2.10. The Morgan fingerprint density at radius 2 is 1.96 bits per heavy atom. The normalized spacial score (nSPS) is 12.4. The van der Waals surface area contributed by atoms with Gasteiger partial charge in [0.2, 0.25) is 4.80 Å². The highest BCUT2D eigenvalue weighted by Gasteiger charge is 2.16. The lowest BCUT2D eigenvalue weighted by Crippen LogP contribution is -2.23. The maximum Gasteiger partial charge on any atom is 0.326 e. The van der Waals surface area contributed by atoms with Gasteiger partial charge in [-0.2, -0.15) is 8.42 Å². The molecule has 0 atom stereocenters. The van der Waals surface area contributed by atoms with Crippen molar-refractivity contribution in [3.05, 3.63) is 53.3 Å². The second-order valence-electron chi connectivity index (χ2n) is 5.49. The molecule has 0 N–H and O–H groups in total. The summed E-state index contributed by atoms with van der Waals surface area (Å²) in [6, 6.07) is 13.8. The number of aromatic nitrogens is 1. The van der Waals surface area contributed by atoms with Crippen LogP contribution in [0.5, 0.6) is 0 Å². The summed E-state index contributed by atoms with van der Waals surface area (Å²) in [5, 5.41) is 0. The molecule has 6 nitrogen and oxygen atoms in total. The van der Waals surface area contributed by atoms with Crippen LogP contribution < -0.4 is 4.80 Å². The second kappa shape index (κ2) is 8.28. The third-order valence-corrected chi connectivity index (χ3v) is 6.89. The SMILES string of the molecule is CCOC(=O)Cn1/c(=N/S(=O)(=O)c2ccccc2)sc2cc(SC)ccc21. The maximum atomic E-state index is 12.7. The van der Waals surface area contributed by atoms with Gasteiger partial charge in [-0.05, 0) is 43.5 Å². The van der Waals surface area contributed by atoms with Crippen molar-refractivity contribution in [1.29, 1.82) is 0 Å². The first-order valence-electron chi connectivity index (χ1n) is 8.13.